The third-order valence-corrected chi connectivity index (χ3v) is 7.26. The summed E-state index contributed by atoms with van der Waals surface area (Å²) >= 11 is 0. The number of imidazole rings is 1. The fourth-order valence-electron chi connectivity index (χ4n) is 4.91. The lowest BCUT2D eigenvalue weighted by atomic mass is 10.2. The average Bonchev–Trinajstić information content (AvgIpc) is 3.62. The number of aryl methyl sites for hydroxylation is 1. The smallest absolute Gasteiger partial charge is 0.228 e. The Bertz CT molecular complexity index is 1150. The van der Waals surface area contributed by atoms with Crippen LogP contribution in [-0.2, 0) is 11.2 Å². The van der Waals surface area contributed by atoms with E-state index >= 15 is 0 Å². The fraction of sp³-hybridized carbons (Fsp3) is 0.484. The maximum Gasteiger partial charge on any atom is 0.228 e. The molecule has 204 valence electrons. The number of nitrogens with zero attached hydrogens (tertiary/aromatic N) is 4. The fourth-order valence-corrected chi connectivity index (χ4v) is 4.91. The Balaban J connectivity index is 0.000000417. The van der Waals surface area contributed by atoms with Gasteiger partial charge in [0.2, 0.25) is 5.91 Å². The molecule has 0 bridgehead atoms. The first-order valence-electron chi connectivity index (χ1n) is 13.8. The van der Waals surface area contributed by atoms with E-state index in [1.165, 1.54) is 18.4 Å². The molecule has 2 heterocycles. The molecule has 1 aromatic heterocycles. The van der Waals surface area contributed by atoms with Crippen LogP contribution >= 0.6 is 0 Å². The van der Waals surface area contributed by atoms with Crippen molar-refractivity contribution in [1.29, 1.82) is 0 Å². The minimum Gasteiger partial charge on any atom is -0.493 e. The molecule has 1 saturated carbocycles. The zero-order valence-electron chi connectivity index (χ0n) is 23.3. The van der Waals surface area contributed by atoms with Gasteiger partial charge in [-0.15, -0.1) is 0 Å². The van der Waals surface area contributed by atoms with E-state index in [1.807, 2.05) is 39.9 Å². The van der Waals surface area contributed by atoms with Gasteiger partial charge in [0.25, 0.3) is 0 Å². The monoisotopic (exact) mass is 518 g/mol. The highest BCUT2D eigenvalue weighted by molar-refractivity contribution is 5.78. The first kappa shape index (κ1) is 27.6. The second-order valence-corrected chi connectivity index (χ2v) is 10.5. The Labute approximate surface area is 227 Å². The van der Waals surface area contributed by atoms with Crippen molar-refractivity contribution in [2.24, 2.45) is 0 Å². The Morgan fingerprint density at radius 3 is 2.29 bits per heavy atom. The second kappa shape index (κ2) is 13.4. The number of carbonyl (C=O) groups is 1. The van der Waals surface area contributed by atoms with Crippen molar-refractivity contribution in [3.05, 3.63) is 72.3 Å². The molecule has 5 rings (SSSR count). The molecule has 1 aliphatic heterocycles. The van der Waals surface area contributed by atoms with Gasteiger partial charge < -0.3 is 23.8 Å². The highest BCUT2D eigenvalue weighted by atomic mass is 16.5. The first-order valence-corrected chi connectivity index (χ1v) is 13.8. The zero-order valence-corrected chi connectivity index (χ0v) is 23.3. The highest BCUT2D eigenvalue weighted by Crippen LogP contribution is 2.35. The molecule has 38 heavy (non-hydrogen) atoms. The highest BCUT2D eigenvalue weighted by Gasteiger charge is 2.24. The van der Waals surface area contributed by atoms with Crippen molar-refractivity contribution >= 4 is 11.6 Å². The van der Waals surface area contributed by atoms with Crippen molar-refractivity contribution < 1.29 is 14.3 Å². The van der Waals surface area contributed by atoms with Crippen molar-refractivity contribution in [2.45, 2.75) is 65.0 Å². The molecule has 0 N–H and O–H groups in total. The van der Waals surface area contributed by atoms with Crippen molar-refractivity contribution in [3.8, 4) is 11.5 Å². The molecule has 3 aromatic rings. The van der Waals surface area contributed by atoms with Gasteiger partial charge in [-0.25, -0.2) is 4.98 Å². The predicted octanol–water partition coefficient (Wildman–Crippen LogP) is 5.68. The number of hydrogen-bond donors (Lipinski definition) is 0. The molecule has 1 saturated heterocycles. The predicted molar refractivity (Wildman–Crippen MR) is 152 cm³/mol. The Morgan fingerprint density at radius 1 is 1.00 bits per heavy atom. The van der Waals surface area contributed by atoms with Crippen molar-refractivity contribution in [3.63, 3.8) is 0 Å². The summed E-state index contributed by atoms with van der Waals surface area (Å²) in [5.41, 5.74) is 3.28. The molecule has 2 aliphatic rings. The lowest BCUT2D eigenvalue weighted by Crippen LogP contribution is -2.49. The van der Waals surface area contributed by atoms with Gasteiger partial charge in [-0.3, -0.25) is 4.79 Å². The summed E-state index contributed by atoms with van der Waals surface area (Å²) in [4.78, 5) is 21.4. The lowest BCUT2D eigenvalue weighted by molar-refractivity contribution is -0.130. The van der Waals surface area contributed by atoms with Crippen LogP contribution in [0.3, 0.4) is 0 Å². The summed E-state index contributed by atoms with van der Waals surface area (Å²) in [6.07, 6.45) is 9.13. The van der Waals surface area contributed by atoms with Gasteiger partial charge in [-0.1, -0.05) is 35.9 Å². The third-order valence-electron chi connectivity index (χ3n) is 7.26. The number of ether oxygens (including phenoxy) is 2. The van der Waals surface area contributed by atoms with Gasteiger partial charge in [0.15, 0.2) is 11.5 Å². The molecule has 7 heteroatoms. The SMILES string of the molecule is COc1ccc(N2CCN(C(=O)Cc3cn(C(C)C)cn3)CC2)cc1OC1CCCC1.Cc1ccccc1. The summed E-state index contributed by atoms with van der Waals surface area (Å²) in [6.45, 7) is 9.34. The third kappa shape index (κ3) is 7.53. The number of amides is 1. The molecular formula is C31H42N4O3. The Hall–Kier alpha value is -3.48. The Morgan fingerprint density at radius 2 is 1.71 bits per heavy atom. The second-order valence-electron chi connectivity index (χ2n) is 10.5. The first-order chi connectivity index (χ1) is 18.4. The van der Waals surface area contributed by atoms with Crippen LogP contribution in [0.25, 0.3) is 0 Å². The van der Waals surface area contributed by atoms with E-state index in [-0.39, 0.29) is 12.0 Å². The van der Waals surface area contributed by atoms with Gasteiger partial charge >= 0.3 is 0 Å². The number of rotatable bonds is 7. The normalized spacial score (nSPS) is 15.8. The molecule has 0 radical (unpaired) electrons. The number of anilines is 1. The lowest BCUT2D eigenvalue weighted by Gasteiger charge is -2.36. The summed E-state index contributed by atoms with van der Waals surface area (Å²) < 4.78 is 13.8. The summed E-state index contributed by atoms with van der Waals surface area (Å²) in [7, 11) is 1.69. The summed E-state index contributed by atoms with van der Waals surface area (Å²) in [6, 6.07) is 16.8. The molecule has 2 fully saturated rings. The van der Waals surface area contributed by atoms with E-state index in [9.17, 15) is 4.79 Å². The van der Waals surface area contributed by atoms with Crippen LogP contribution in [0.4, 0.5) is 5.69 Å². The average molecular weight is 519 g/mol. The van der Waals surface area contributed by atoms with E-state index in [0.717, 1.165) is 48.8 Å². The van der Waals surface area contributed by atoms with Crippen molar-refractivity contribution in [1.82, 2.24) is 14.5 Å². The molecule has 1 aliphatic carbocycles. The summed E-state index contributed by atoms with van der Waals surface area (Å²) in [5.74, 6) is 1.75. The molecule has 0 spiro atoms. The zero-order chi connectivity index (χ0) is 26.9. The number of piperazine rings is 1. The van der Waals surface area contributed by atoms with E-state index < -0.39 is 0 Å². The van der Waals surface area contributed by atoms with Gasteiger partial charge in [-0.05, 0) is 58.6 Å². The number of hydrogen-bond acceptors (Lipinski definition) is 5. The van der Waals surface area contributed by atoms with E-state index in [0.29, 0.717) is 25.6 Å². The molecule has 7 nitrogen and oxygen atoms in total. The molecule has 0 atom stereocenters. The van der Waals surface area contributed by atoms with E-state index in [4.69, 9.17) is 9.47 Å². The van der Waals surface area contributed by atoms with Crippen molar-refractivity contribution in [2.75, 3.05) is 38.2 Å². The summed E-state index contributed by atoms with van der Waals surface area (Å²) in [5, 5.41) is 0. The maximum absolute atomic E-state index is 12.7. The number of carbonyl (C=O) groups excluding carboxylic acids is 1. The largest absolute Gasteiger partial charge is 0.493 e. The van der Waals surface area contributed by atoms with Crippen LogP contribution in [0.5, 0.6) is 11.5 Å². The quantitative estimate of drug-likeness (QED) is 0.403. The van der Waals surface area contributed by atoms with Crippen LogP contribution in [0, 0.1) is 6.92 Å². The van der Waals surface area contributed by atoms with Gasteiger partial charge in [0.05, 0.1) is 31.7 Å². The minimum atomic E-state index is 0.147. The molecule has 2 aromatic carbocycles. The van der Waals surface area contributed by atoms with Crippen LogP contribution in [-0.4, -0.2) is 59.8 Å². The topological polar surface area (TPSA) is 59.8 Å². The van der Waals surface area contributed by atoms with Crippen LogP contribution in [0.2, 0.25) is 0 Å². The molecule has 1 amide bonds. The number of methoxy groups -OCH3 is 1. The minimum absolute atomic E-state index is 0.147. The standard InChI is InChI=1S/C24H34N4O3.C7H8/c1-18(2)28-16-19(25-17-28)14-24(29)27-12-10-26(11-13-27)20-8-9-22(30-3)23(15-20)31-21-6-4-5-7-21;1-7-5-3-2-4-6-7/h8-9,15-18,21H,4-7,10-14H2,1-3H3;2-6H,1H3. The number of aromatic nitrogens is 2. The van der Waals surface area contributed by atoms with Gasteiger partial charge in [0.1, 0.15) is 0 Å². The maximum atomic E-state index is 12.7. The van der Waals surface area contributed by atoms with E-state index in [1.54, 1.807) is 13.4 Å². The van der Waals surface area contributed by atoms with Crippen LogP contribution < -0.4 is 14.4 Å². The van der Waals surface area contributed by atoms with Crippen LogP contribution in [0.1, 0.15) is 56.8 Å². The van der Waals surface area contributed by atoms with E-state index in [2.05, 4.69) is 54.9 Å². The molecular weight excluding hydrogens is 476 g/mol. The van der Waals surface area contributed by atoms with Gasteiger partial charge in [-0.2, -0.15) is 0 Å². The number of benzene rings is 2. The Kier molecular flexibility index (Phi) is 9.68. The van der Waals surface area contributed by atoms with Crippen LogP contribution in [0.15, 0.2) is 61.1 Å². The van der Waals surface area contributed by atoms with Gasteiger partial charge in [0, 0.05) is 50.2 Å². The molecule has 0 unspecified atom stereocenters.